The van der Waals surface area contributed by atoms with E-state index in [2.05, 4.69) is 31.0 Å². The van der Waals surface area contributed by atoms with E-state index < -0.39 is 0 Å². The lowest BCUT2D eigenvalue weighted by molar-refractivity contribution is 0.314. The molecule has 94 valence electrons. The first-order valence-electron chi connectivity index (χ1n) is 5.42. The first-order chi connectivity index (χ1) is 8.08. The molecule has 0 saturated heterocycles. The standard InChI is InChI=1S/C11H17BrN4O/c1-3-16(7-8(2)11(13)15-17)10-5-4-9(12)6-14-10/h4-6,8,17H,3,7H2,1-2H3,(H2,13,15). The third-order valence-corrected chi connectivity index (χ3v) is 3.00. The fourth-order valence-corrected chi connectivity index (χ4v) is 1.70. The number of nitrogens with two attached hydrogens (primary N) is 1. The summed E-state index contributed by atoms with van der Waals surface area (Å²) in [5, 5.41) is 11.6. The molecule has 0 aliphatic heterocycles. The molecule has 0 amide bonds. The highest BCUT2D eigenvalue weighted by Crippen LogP contribution is 2.15. The summed E-state index contributed by atoms with van der Waals surface area (Å²) in [6, 6.07) is 3.88. The Morgan fingerprint density at radius 3 is 2.82 bits per heavy atom. The van der Waals surface area contributed by atoms with Gasteiger partial charge in [-0.1, -0.05) is 12.1 Å². The maximum atomic E-state index is 8.62. The number of hydrogen-bond acceptors (Lipinski definition) is 4. The molecular weight excluding hydrogens is 284 g/mol. The summed E-state index contributed by atoms with van der Waals surface area (Å²) in [6.07, 6.45) is 1.76. The van der Waals surface area contributed by atoms with Crippen LogP contribution in [0.4, 0.5) is 5.82 Å². The smallest absolute Gasteiger partial charge is 0.143 e. The molecule has 0 aliphatic carbocycles. The summed E-state index contributed by atoms with van der Waals surface area (Å²) < 4.78 is 0.946. The van der Waals surface area contributed by atoms with E-state index in [9.17, 15) is 0 Å². The van der Waals surface area contributed by atoms with E-state index in [1.807, 2.05) is 26.0 Å². The highest BCUT2D eigenvalue weighted by atomic mass is 79.9. The highest BCUT2D eigenvalue weighted by Gasteiger charge is 2.13. The van der Waals surface area contributed by atoms with Gasteiger partial charge in [-0.2, -0.15) is 0 Å². The van der Waals surface area contributed by atoms with Crippen LogP contribution in [0.25, 0.3) is 0 Å². The Hall–Kier alpha value is -1.30. The third kappa shape index (κ3) is 3.89. The third-order valence-electron chi connectivity index (χ3n) is 2.53. The van der Waals surface area contributed by atoms with Crippen molar-refractivity contribution in [2.45, 2.75) is 13.8 Å². The quantitative estimate of drug-likeness (QED) is 0.378. The molecule has 1 rings (SSSR count). The minimum atomic E-state index is -0.0228. The van der Waals surface area contributed by atoms with Gasteiger partial charge in [0.15, 0.2) is 0 Å². The molecule has 17 heavy (non-hydrogen) atoms. The Morgan fingerprint density at radius 2 is 2.35 bits per heavy atom. The Morgan fingerprint density at radius 1 is 1.65 bits per heavy atom. The van der Waals surface area contributed by atoms with E-state index in [0.29, 0.717) is 6.54 Å². The van der Waals surface area contributed by atoms with E-state index >= 15 is 0 Å². The van der Waals surface area contributed by atoms with Crippen LogP contribution in [0.2, 0.25) is 0 Å². The SMILES string of the molecule is CCN(CC(C)C(N)=NO)c1ccc(Br)cn1. The molecular formula is C11H17BrN4O. The first kappa shape index (κ1) is 13.8. The summed E-state index contributed by atoms with van der Waals surface area (Å²) in [4.78, 5) is 6.40. The molecule has 0 bridgehead atoms. The first-order valence-corrected chi connectivity index (χ1v) is 6.21. The van der Waals surface area contributed by atoms with E-state index in [4.69, 9.17) is 10.9 Å². The highest BCUT2D eigenvalue weighted by molar-refractivity contribution is 9.10. The molecule has 1 aromatic heterocycles. The average Bonchev–Trinajstić information content (AvgIpc) is 2.35. The van der Waals surface area contributed by atoms with Crippen molar-refractivity contribution in [2.75, 3.05) is 18.0 Å². The molecule has 0 aliphatic rings. The van der Waals surface area contributed by atoms with Crippen LogP contribution in [0.15, 0.2) is 28.0 Å². The molecule has 1 aromatic rings. The number of hydrogen-bond donors (Lipinski definition) is 2. The van der Waals surface area contributed by atoms with Gasteiger partial charge in [-0.25, -0.2) is 4.98 Å². The molecule has 0 spiro atoms. The number of pyridine rings is 1. The fourth-order valence-electron chi connectivity index (χ4n) is 1.46. The van der Waals surface area contributed by atoms with E-state index in [-0.39, 0.29) is 11.8 Å². The minimum absolute atomic E-state index is 0.0228. The van der Waals surface area contributed by atoms with Gasteiger partial charge in [-0.15, -0.1) is 0 Å². The van der Waals surface area contributed by atoms with Crippen LogP contribution >= 0.6 is 15.9 Å². The lowest BCUT2D eigenvalue weighted by Crippen LogP contribution is -2.35. The predicted octanol–water partition coefficient (Wildman–Crippen LogP) is 2.05. The zero-order chi connectivity index (χ0) is 12.8. The number of anilines is 1. The number of halogens is 1. The van der Waals surface area contributed by atoms with Crippen LogP contribution in [0.3, 0.4) is 0 Å². The number of nitrogens with zero attached hydrogens (tertiary/aromatic N) is 3. The van der Waals surface area contributed by atoms with Crippen LogP contribution in [-0.4, -0.2) is 29.1 Å². The largest absolute Gasteiger partial charge is 0.409 e. The molecule has 3 N–H and O–H groups in total. The van der Waals surface area contributed by atoms with Gasteiger partial charge in [0.25, 0.3) is 0 Å². The van der Waals surface area contributed by atoms with Crippen molar-refractivity contribution in [1.29, 1.82) is 0 Å². The van der Waals surface area contributed by atoms with Crippen molar-refractivity contribution in [3.63, 3.8) is 0 Å². The van der Waals surface area contributed by atoms with Gasteiger partial charge in [-0.05, 0) is 35.0 Å². The normalized spacial score (nSPS) is 13.5. The Balaban J connectivity index is 2.75. The van der Waals surface area contributed by atoms with E-state index in [1.54, 1.807) is 6.20 Å². The summed E-state index contributed by atoms with van der Waals surface area (Å²) >= 11 is 3.35. The molecule has 6 heteroatoms. The van der Waals surface area contributed by atoms with Crippen molar-refractivity contribution in [1.82, 2.24) is 4.98 Å². The van der Waals surface area contributed by atoms with Crippen LogP contribution in [0.5, 0.6) is 0 Å². The lowest BCUT2D eigenvalue weighted by Gasteiger charge is -2.24. The monoisotopic (exact) mass is 300 g/mol. The van der Waals surface area contributed by atoms with Crippen LogP contribution in [-0.2, 0) is 0 Å². The molecule has 5 nitrogen and oxygen atoms in total. The van der Waals surface area contributed by atoms with Gasteiger partial charge >= 0.3 is 0 Å². The fraction of sp³-hybridized carbons (Fsp3) is 0.455. The van der Waals surface area contributed by atoms with Gasteiger partial charge in [0.05, 0.1) is 0 Å². The second-order valence-corrected chi connectivity index (χ2v) is 4.71. The number of oxime groups is 1. The van der Waals surface area contributed by atoms with Crippen molar-refractivity contribution in [3.8, 4) is 0 Å². The summed E-state index contributed by atoms with van der Waals surface area (Å²) in [7, 11) is 0. The van der Waals surface area contributed by atoms with Crippen LogP contribution in [0.1, 0.15) is 13.8 Å². The van der Waals surface area contributed by atoms with Gasteiger partial charge < -0.3 is 15.8 Å². The summed E-state index contributed by atoms with van der Waals surface area (Å²) in [5.74, 6) is 1.10. The zero-order valence-corrected chi connectivity index (χ0v) is 11.6. The number of amidine groups is 1. The second-order valence-electron chi connectivity index (χ2n) is 3.80. The van der Waals surface area contributed by atoms with Gasteiger partial charge in [-0.3, -0.25) is 0 Å². The predicted molar refractivity (Wildman–Crippen MR) is 72.4 cm³/mol. The van der Waals surface area contributed by atoms with Gasteiger partial charge in [0.1, 0.15) is 11.7 Å². The maximum Gasteiger partial charge on any atom is 0.143 e. The molecule has 1 heterocycles. The maximum absolute atomic E-state index is 8.62. The molecule has 0 saturated carbocycles. The van der Waals surface area contributed by atoms with Crippen molar-refractivity contribution in [2.24, 2.45) is 16.8 Å². The second kappa shape index (κ2) is 6.44. The molecule has 1 atom stereocenters. The minimum Gasteiger partial charge on any atom is -0.409 e. The van der Waals surface area contributed by atoms with Crippen molar-refractivity contribution in [3.05, 3.63) is 22.8 Å². The molecule has 1 unspecified atom stereocenters. The molecule has 0 aromatic carbocycles. The van der Waals surface area contributed by atoms with Crippen LogP contribution in [0, 0.1) is 5.92 Å². The number of aromatic nitrogens is 1. The van der Waals surface area contributed by atoms with Gasteiger partial charge in [0.2, 0.25) is 0 Å². The Labute approximate surface area is 109 Å². The van der Waals surface area contributed by atoms with Crippen molar-refractivity contribution >= 4 is 27.6 Å². The van der Waals surface area contributed by atoms with Gasteiger partial charge in [0, 0.05) is 29.7 Å². The average molecular weight is 301 g/mol. The summed E-state index contributed by atoms with van der Waals surface area (Å²) in [6.45, 7) is 5.44. The lowest BCUT2D eigenvalue weighted by atomic mass is 10.1. The van der Waals surface area contributed by atoms with Crippen molar-refractivity contribution < 1.29 is 5.21 Å². The Bertz CT molecular complexity index is 380. The topological polar surface area (TPSA) is 74.7 Å². The summed E-state index contributed by atoms with van der Waals surface area (Å²) in [5.41, 5.74) is 5.57. The zero-order valence-electron chi connectivity index (χ0n) is 9.97. The van der Waals surface area contributed by atoms with E-state index in [1.165, 1.54) is 0 Å². The Kier molecular flexibility index (Phi) is 5.21. The molecule has 0 radical (unpaired) electrons. The van der Waals surface area contributed by atoms with Crippen LogP contribution < -0.4 is 10.6 Å². The van der Waals surface area contributed by atoms with E-state index in [0.717, 1.165) is 16.8 Å². The number of rotatable bonds is 5. The molecule has 0 fully saturated rings.